The van der Waals surface area contributed by atoms with E-state index >= 15 is 0 Å². The van der Waals surface area contributed by atoms with E-state index in [-0.39, 0.29) is 0 Å². The highest BCUT2D eigenvalue weighted by Crippen LogP contribution is 1.62. The van der Waals surface area contributed by atoms with Crippen molar-refractivity contribution in [3.05, 3.63) is 12.7 Å². The molecule has 0 saturated heterocycles. The zero-order valence-corrected chi connectivity index (χ0v) is 4.46. The molecule has 1 aromatic heterocycles. The van der Waals surface area contributed by atoms with Crippen LogP contribution in [0.5, 0.6) is 0 Å². The quantitative estimate of drug-likeness (QED) is 0.490. The van der Waals surface area contributed by atoms with E-state index in [0.29, 0.717) is 0 Å². The van der Waals surface area contributed by atoms with E-state index in [1.807, 2.05) is 13.8 Å². The molecule has 3 heteroatoms. The van der Waals surface area contributed by atoms with Gasteiger partial charge in [-0.05, 0) is 0 Å². The second-order valence-electron chi connectivity index (χ2n) is 0.581. The molecule has 0 aliphatic rings. The van der Waals surface area contributed by atoms with Gasteiger partial charge in [0.25, 0.3) is 0 Å². The van der Waals surface area contributed by atoms with E-state index in [9.17, 15) is 0 Å². The Labute approximate surface area is 42.4 Å². The van der Waals surface area contributed by atoms with Crippen molar-refractivity contribution in [2.24, 2.45) is 0 Å². The molecular weight excluding hydrogens is 92.1 g/mol. The van der Waals surface area contributed by atoms with Crippen LogP contribution in [0.1, 0.15) is 13.8 Å². The summed E-state index contributed by atoms with van der Waals surface area (Å²) in [7, 11) is 0. The minimum Gasteiger partial charge on any atom is -0.343 e. The zero-order valence-electron chi connectivity index (χ0n) is 4.46. The molecule has 0 atom stereocenters. The number of nitrogens with zero attached hydrogens (tertiary/aromatic N) is 2. The highest BCUT2D eigenvalue weighted by Gasteiger charge is 1.60. The monoisotopic (exact) mass is 100 g/mol. The van der Waals surface area contributed by atoms with Crippen LogP contribution in [-0.2, 0) is 0 Å². The lowest BCUT2D eigenvalue weighted by Gasteiger charge is -1.45. The van der Waals surface area contributed by atoms with Gasteiger partial charge in [-0.15, -0.1) is 0 Å². The van der Waals surface area contributed by atoms with Crippen LogP contribution in [-0.4, -0.2) is 10.1 Å². The van der Waals surface area contributed by atoms with Crippen LogP contribution >= 0.6 is 0 Å². The predicted molar refractivity (Wildman–Crippen MR) is 25.6 cm³/mol. The van der Waals surface area contributed by atoms with E-state index in [4.69, 9.17) is 0 Å². The third kappa shape index (κ3) is 2.96. The molecule has 3 nitrogen and oxygen atoms in total. The lowest BCUT2D eigenvalue weighted by Crippen LogP contribution is -1.44. The molecule has 0 N–H and O–H groups in total. The van der Waals surface area contributed by atoms with Crippen LogP contribution in [0.3, 0.4) is 0 Å². The van der Waals surface area contributed by atoms with Gasteiger partial charge in [-0.1, -0.05) is 19.0 Å². The first-order valence-corrected chi connectivity index (χ1v) is 2.19. The Hall–Kier alpha value is -0.860. The van der Waals surface area contributed by atoms with Gasteiger partial charge in [0.1, 0.15) is 0 Å². The average molecular weight is 100 g/mol. The van der Waals surface area contributed by atoms with Gasteiger partial charge in [0.05, 0.1) is 0 Å². The van der Waals surface area contributed by atoms with Crippen LogP contribution in [0.4, 0.5) is 0 Å². The van der Waals surface area contributed by atoms with Gasteiger partial charge in [0.2, 0.25) is 6.39 Å². The van der Waals surface area contributed by atoms with Gasteiger partial charge in [0.15, 0.2) is 6.33 Å². The Kier molecular flexibility index (Phi) is 4.51. The fourth-order valence-electron chi connectivity index (χ4n) is 0.136. The van der Waals surface area contributed by atoms with Crippen molar-refractivity contribution in [3.63, 3.8) is 0 Å². The van der Waals surface area contributed by atoms with Crippen molar-refractivity contribution >= 4 is 0 Å². The first-order valence-electron chi connectivity index (χ1n) is 2.19. The molecular formula is C4H8N2O. The van der Waals surface area contributed by atoms with E-state index in [0.717, 1.165) is 0 Å². The van der Waals surface area contributed by atoms with E-state index in [1.165, 1.54) is 12.7 Å². The highest BCUT2D eigenvalue weighted by atomic mass is 16.5. The van der Waals surface area contributed by atoms with Crippen LogP contribution in [0.2, 0.25) is 0 Å². The molecule has 0 aliphatic carbocycles. The maximum Gasteiger partial charge on any atom is 0.213 e. The van der Waals surface area contributed by atoms with Crippen molar-refractivity contribution in [2.75, 3.05) is 0 Å². The molecule has 1 heterocycles. The molecule has 7 heavy (non-hydrogen) atoms. The van der Waals surface area contributed by atoms with Gasteiger partial charge in [-0.25, -0.2) is 4.98 Å². The third-order valence-corrected chi connectivity index (χ3v) is 0.283. The largest absolute Gasteiger partial charge is 0.343 e. The topological polar surface area (TPSA) is 38.9 Å². The lowest BCUT2D eigenvalue weighted by atomic mass is 11.0. The van der Waals surface area contributed by atoms with Crippen molar-refractivity contribution in [3.8, 4) is 0 Å². The molecule has 40 valence electrons. The summed E-state index contributed by atoms with van der Waals surface area (Å²) in [4.78, 5) is 3.44. The van der Waals surface area contributed by atoms with E-state index in [2.05, 4.69) is 14.7 Å². The van der Waals surface area contributed by atoms with Gasteiger partial charge in [-0.2, -0.15) is 0 Å². The number of rotatable bonds is 0. The second kappa shape index (κ2) is 5.14. The molecule has 0 fully saturated rings. The number of hydrogen-bond acceptors (Lipinski definition) is 3. The molecule has 0 saturated carbocycles. The number of aromatic nitrogens is 2. The SMILES string of the molecule is CC.c1ncon1. The molecule has 0 radical (unpaired) electrons. The summed E-state index contributed by atoms with van der Waals surface area (Å²) in [6.07, 6.45) is 2.60. The zero-order chi connectivity index (χ0) is 5.54. The summed E-state index contributed by atoms with van der Waals surface area (Å²) in [5, 5.41) is 3.24. The molecule has 0 spiro atoms. The molecule has 0 aliphatic heterocycles. The summed E-state index contributed by atoms with van der Waals surface area (Å²) in [5.41, 5.74) is 0. The maximum atomic E-state index is 4.22. The van der Waals surface area contributed by atoms with Crippen molar-refractivity contribution in [2.45, 2.75) is 13.8 Å². The Balaban J connectivity index is 0.000000162. The van der Waals surface area contributed by atoms with Crippen molar-refractivity contribution < 1.29 is 4.52 Å². The molecule has 0 aromatic carbocycles. The second-order valence-corrected chi connectivity index (χ2v) is 0.581. The van der Waals surface area contributed by atoms with Crippen LogP contribution in [0.25, 0.3) is 0 Å². The van der Waals surface area contributed by atoms with Crippen LogP contribution in [0, 0.1) is 0 Å². The summed E-state index contributed by atoms with van der Waals surface area (Å²) in [5.74, 6) is 0. The highest BCUT2D eigenvalue weighted by molar-refractivity contribution is 4.35. The smallest absolute Gasteiger partial charge is 0.213 e. The Morgan fingerprint density at radius 2 is 2.14 bits per heavy atom. The minimum absolute atomic E-state index is 1.26. The molecule has 0 bridgehead atoms. The maximum absolute atomic E-state index is 4.22. The Morgan fingerprint density at radius 3 is 2.29 bits per heavy atom. The Bertz CT molecular complexity index is 66.2. The molecule has 1 rings (SSSR count). The van der Waals surface area contributed by atoms with E-state index < -0.39 is 0 Å². The normalized spacial score (nSPS) is 6.57. The average Bonchev–Trinajstić information content (AvgIpc) is 2.23. The minimum atomic E-state index is 1.26. The summed E-state index contributed by atoms with van der Waals surface area (Å²) >= 11 is 0. The summed E-state index contributed by atoms with van der Waals surface area (Å²) in [6.45, 7) is 4.00. The van der Waals surface area contributed by atoms with Gasteiger partial charge in [-0.3, -0.25) is 0 Å². The summed E-state index contributed by atoms with van der Waals surface area (Å²) < 4.78 is 4.22. The fraction of sp³-hybridized carbons (Fsp3) is 0.500. The fourth-order valence-corrected chi connectivity index (χ4v) is 0.136. The lowest BCUT2D eigenvalue weighted by molar-refractivity contribution is 0.416. The van der Waals surface area contributed by atoms with Gasteiger partial charge < -0.3 is 4.52 Å². The van der Waals surface area contributed by atoms with Gasteiger partial charge in [0, 0.05) is 0 Å². The third-order valence-electron chi connectivity index (χ3n) is 0.283. The molecule has 0 unspecified atom stereocenters. The van der Waals surface area contributed by atoms with Gasteiger partial charge >= 0.3 is 0 Å². The Morgan fingerprint density at radius 1 is 1.43 bits per heavy atom. The van der Waals surface area contributed by atoms with Crippen molar-refractivity contribution in [1.82, 2.24) is 10.1 Å². The van der Waals surface area contributed by atoms with Crippen LogP contribution < -0.4 is 0 Å². The molecule has 1 aromatic rings. The van der Waals surface area contributed by atoms with Crippen molar-refractivity contribution in [1.29, 1.82) is 0 Å². The molecule has 0 amide bonds. The first kappa shape index (κ1) is 6.14. The number of hydrogen-bond donors (Lipinski definition) is 0. The predicted octanol–water partition coefficient (Wildman–Crippen LogP) is 1.10. The van der Waals surface area contributed by atoms with E-state index in [1.54, 1.807) is 0 Å². The standard InChI is InChI=1S/C2H2N2O.C2H6/c1-3-2-5-4-1;1-2/h1-2H;1-2H3. The van der Waals surface area contributed by atoms with Crippen LogP contribution in [0.15, 0.2) is 17.2 Å². The first-order chi connectivity index (χ1) is 3.50. The summed E-state index contributed by atoms with van der Waals surface area (Å²) in [6, 6.07) is 0.